The average Bonchev–Trinajstić information content (AvgIpc) is 3.12. The number of halogens is 3. The number of fused-ring (bicyclic) bond motifs is 1. The summed E-state index contributed by atoms with van der Waals surface area (Å²) in [5, 5.41) is 2.40. The Morgan fingerprint density at radius 1 is 1.15 bits per heavy atom. The summed E-state index contributed by atoms with van der Waals surface area (Å²) in [6, 6.07) is 10.0. The van der Waals surface area contributed by atoms with Crippen LogP contribution >= 0.6 is 0 Å². The van der Waals surface area contributed by atoms with Crippen molar-refractivity contribution in [2.24, 2.45) is 0 Å². The van der Waals surface area contributed by atoms with E-state index in [4.69, 9.17) is 4.74 Å². The van der Waals surface area contributed by atoms with Gasteiger partial charge in [0.1, 0.15) is 6.54 Å². The van der Waals surface area contributed by atoms with Crippen LogP contribution in [0.25, 0.3) is 11.0 Å². The number of carbonyl (C=O) groups excluding carboxylic acids is 2. The van der Waals surface area contributed by atoms with Gasteiger partial charge in [-0.3, -0.25) is 9.59 Å². The molecule has 0 saturated carbocycles. The molecule has 0 aliphatic rings. The van der Waals surface area contributed by atoms with Crippen LogP contribution in [0.3, 0.4) is 0 Å². The number of imidazole rings is 1. The van der Waals surface area contributed by atoms with Crippen LogP contribution in [0.15, 0.2) is 47.4 Å². The third kappa shape index (κ3) is 5.37. The maximum atomic E-state index is 13.3. The summed E-state index contributed by atoms with van der Waals surface area (Å²) in [6.45, 7) is 0.00756. The number of esters is 1. The van der Waals surface area contributed by atoms with E-state index in [2.05, 4.69) is 10.3 Å². The SMILES string of the molecule is Cc1ccc(NC(=O)COC(=O)Cn2c(C(F)(F)F)nc3ccccc32)cc1S(=O)(=O)N(C)C. The number of aryl methyl sites for hydroxylation is 1. The second kappa shape index (κ2) is 9.43. The molecule has 0 fully saturated rings. The Morgan fingerprint density at radius 2 is 1.82 bits per heavy atom. The van der Waals surface area contributed by atoms with Crippen molar-refractivity contribution in [1.29, 1.82) is 0 Å². The Bertz CT molecular complexity index is 1350. The number of ether oxygens (including phenoxy) is 1. The topological polar surface area (TPSA) is 111 Å². The smallest absolute Gasteiger partial charge is 0.449 e. The molecule has 0 radical (unpaired) electrons. The largest absolute Gasteiger partial charge is 0.454 e. The number of anilines is 1. The number of benzene rings is 2. The monoisotopic (exact) mass is 498 g/mol. The first-order valence-electron chi connectivity index (χ1n) is 9.82. The highest BCUT2D eigenvalue weighted by atomic mass is 32.2. The lowest BCUT2D eigenvalue weighted by molar-refractivity contribution is -0.152. The number of alkyl halides is 3. The van der Waals surface area contributed by atoms with Gasteiger partial charge in [0, 0.05) is 19.8 Å². The standard InChI is InChI=1S/C21H21F3N4O5S/c1-13-8-9-14(10-17(13)34(31,32)27(2)3)25-18(29)12-33-19(30)11-28-16-7-5-4-6-15(16)26-20(28)21(22,23)24/h4-10H,11-12H2,1-3H3,(H,25,29). The van der Waals surface area contributed by atoms with E-state index in [1.165, 1.54) is 56.6 Å². The summed E-state index contributed by atoms with van der Waals surface area (Å²) >= 11 is 0. The Kier molecular flexibility index (Phi) is 6.98. The highest BCUT2D eigenvalue weighted by Gasteiger charge is 2.38. The maximum absolute atomic E-state index is 13.3. The minimum Gasteiger partial charge on any atom is -0.454 e. The lowest BCUT2D eigenvalue weighted by Gasteiger charge is -2.15. The Balaban J connectivity index is 1.69. The first-order chi connectivity index (χ1) is 15.8. The summed E-state index contributed by atoms with van der Waals surface area (Å²) in [6.07, 6.45) is -4.80. The molecule has 0 aliphatic heterocycles. The van der Waals surface area contributed by atoms with Gasteiger partial charge in [-0.25, -0.2) is 17.7 Å². The predicted octanol–water partition coefficient (Wildman–Crippen LogP) is 2.80. The number of rotatable bonds is 7. The summed E-state index contributed by atoms with van der Waals surface area (Å²) < 4.78 is 71.4. The number of para-hydroxylation sites is 2. The molecule has 3 aromatic rings. The number of amides is 1. The Morgan fingerprint density at radius 3 is 2.47 bits per heavy atom. The predicted molar refractivity (Wildman–Crippen MR) is 116 cm³/mol. The quantitative estimate of drug-likeness (QED) is 0.502. The molecule has 2 aromatic carbocycles. The van der Waals surface area contributed by atoms with Gasteiger partial charge in [0.15, 0.2) is 6.61 Å². The van der Waals surface area contributed by atoms with Gasteiger partial charge in [0.05, 0.1) is 15.9 Å². The van der Waals surface area contributed by atoms with Crippen LogP contribution < -0.4 is 5.32 Å². The van der Waals surface area contributed by atoms with E-state index in [1.54, 1.807) is 6.92 Å². The lowest BCUT2D eigenvalue weighted by atomic mass is 10.2. The summed E-state index contributed by atoms with van der Waals surface area (Å²) in [5.74, 6) is -3.13. The summed E-state index contributed by atoms with van der Waals surface area (Å²) in [5.41, 5.74) is 0.756. The molecule has 3 rings (SSSR count). The molecule has 0 unspecified atom stereocenters. The molecule has 1 heterocycles. The molecule has 34 heavy (non-hydrogen) atoms. The molecule has 182 valence electrons. The molecule has 1 aromatic heterocycles. The zero-order valence-electron chi connectivity index (χ0n) is 18.4. The number of aromatic nitrogens is 2. The number of sulfonamides is 1. The second-order valence-electron chi connectivity index (χ2n) is 7.48. The van der Waals surface area contributed by atoms with Gasteiger partial charge < -0.3 is 14.6 Å². The Hall–Kier alpha value is -3.45. The molecule has 13 heteroatoms. The van der Waals surface area contributed by atoms with Crippen molar-refractivity contribution in [3.63, 3.8) is 0 Å². The minimum absolute atomic E-state index is 0.0149. The third-order valence-corrected chi connectivity index (χ3v) is 6.75. The van der Waals surface area contributed by atoms with E-state index in [-0.39, 0.29) is 21.6 Å². The van der Waals surface area contributed by atoms with Crippen molar-refractivity contribution in [3.8, 4) is 0 Å². The molecule has 9 nitrogen and oxygen atoms in total. The van der Waals surface area contributed by atoms with Crippen LogP contribution in [-0.4, -0.2) is 54.9 Å². The van der Waals surface area contributed by atoms with Gasteiger partial charge in [-0.1, -0.05) is 18.2 Å². The first-order valence-corrected chi connectivity index (χ1v) is 11.3. The van der Waals surface area contributed by atoms with Crippen molar-refractivity contribution >= 4 is 38.6 Å². The fraction of sp³-hybridized carbons (Fsp3) is 0.286. The maximum Gasteiger partial charge on any atom is 0.449 e. The van der Waals surface area contributed by atoms with E-state index in [0.29, 0.717) is 10.1 Å². The second-order valence-corrected chi connectivity index (χ2v) is 9.60. The van der Waals surface area contributed by atoms with Crippen LogP contribution in [0.2, 0.25) is 0 Å². The average molecular weight is 498 g/mol. The van der Waals surface area contributed by atoms with Gasteiger partial charge in [0.2, 0.25) is 15.8 Å². The fourth-order valence-corrected chi connectivity index (χ4v) is 4.27. The summed E-state index contributed by atoms with van der Waals surface area (Å²) in [7, 11) is -1.02. The Labute approximate surface area is 193 Å². The number of carbonyl (C=O) groups is 2. The first kappa shape index (κ1) is 25.2. The molecular weight excluding hydrogens is 477 g/mol. The lowest BCUT2D eigenvalue weighted by Crippen LogP contribution is -2.25. The zero-order valence-corrected chi connectivity index (χ0v) is 19.2. The van der Waals surface area contributed by atoms with Crippen LogP contribution in [0.1, 0.15) is 11.4 Å². The number of nitrogens with zero attached hydrogens (tertiary/aromatic N) is 3. The van der Waals surface area contributed by atoms with Crippen LogP contribution in [0.5, 0.6) is 0 Å². The summed E-state index contributed by atoms with van der Waals surface area (Å²) in [4.78, 5) is 27.9. The van der Waals surface area contributed by atoms with Gasteiger partial charge in [0.25, 0.3) is 5.91 Å². The molecule has 1 amide bonds. The van der Waals surface area contributed by atoms with Gasteiger partial charge in [-0.05, 0) is 36.8 Å². The van der Waals surface area contributed by atoms with E-state index >= 15 is 0 Å². The number of hydrogen-bond acceptors (Lipinski definition) is 6. The molecule has 1 N–H and O–H groups in total. The van der Waals surface area contributed by atoms with E-state index < -0.39 is 47.1 Å². The van der Waals surface area contributed by atoms with Crippen molar-refractivity contribution in [3.05, 3.63) is 53.9 Å². The normalized spacial score (nSPS) is 12.2. The van der Waals surface area contributed by atoms with Gasteiger partial charge in [-0.2, -0.15) is 13.2 Å². The van der Waals surface area contributed by atoms with E-state index in [0.717, 1.165) is 4.31 Å². The molecule has 0 spiro atoms. The molecule has 0 aliphatic carbocycles. The highest BCUT2D eigenvalue weighted by molar-refractivity contribution is 7.89. The number of nitrogens with one attached hydrogen (secondary N) is 1. The molecule has 0 saturated heterocycles. The van der Waals surface area contributed by atoms with Crippen LogP contribution in [0.4, 0.5) is 18.9 Å². The van der Waals surface area contributed by atoms with Crippen molar-refractivity contribution in [1.82, 2.24) is 13.9 Å². The highest BCUT2D eigenvalue weighted by Crippen LogP contribution is 2.31. The number of hydrogen-bond donors (Lipinski definition) is 1. The van der Waals surface area contributed by atoms with E-state index in [9.17, 15) is 31.2 Å². The third-order valence-electron chi connectivity index (χ3n) is 4.79. The van der Waals surface area contributed by atoms with Gasteiger partial charge in [-0.15, -0.1) is 0 Å². The van der Waals surface area contributed by atoms with E-state index in [1.807, 2.05) is 0 Å². The van der Waals surface area contributed by atoms with Crippen molar-refractivity contribution < 1.29 is 35.9 Å². The van der Waals surface area contributed by atoms with Crippen molar-refractivity contribution in [2.75, 3.05) is 26.0 Å². The molecule has 0 atom stereocenters. The van der Waals surface area contributed by atoms with Crippen LogP contribution in [0, 0.1) is 6.92 Å². The molecular formula is C21H21F3N4O5S. The van der Waals surface area contributed by atoms with Gasteiger partial charge >= 0.3 is 12.1 Å². The van der Waals surface area contributed by atoms with Crippen LogP contribution in [-0.2, 0) is 37.1 Å². The minimum atomic E-state index is -4.80. The van der Waals surface area contributed by atoms with Crippen molar-refractivity contribution in [2.45, 2.75) is 24.5 Å². The fourth-order valence-electron chi connectivity index (χ4n) is 3.12. The molecule has 0 bridgehead atoms. The zero-order chi connectivity index (χ0) is 25.3.